The smallest absolute Gasteiger partial charge is 0.337 e. The Balaban J connectivity index is 1.45. The maximum Gasteiger partial charge on any atom is 0.337 e. The number of amides is 4. The van der Waals surface area contributed by atoms with E-state index in [1.165, 1.54) is 30.4 Å². The van der Waals surface area contributed by atoms with Crippen LogP contribution < -0.4 is 10.6 Å². The van der Waals surface area contributed by atoms with Crippen molar-refractivity contribution in [2.45, 2.75) is 31.7 Å². The third kappa shape index (κ3) is 3.76. The molecular weight excluding hydrogens is 398 g/mol. The number of hydrogen-bond donors (Lipinski definition) is 2. The quantitative estimate of drug-likeness (QED) is 0.570. The van der Waals surface area contributed by atoms with Crippen LogP contribution >= 0.6 is 0 Å². The molecule has 8 nitrogen and oxygen atoms in total. The monoisotopic (exact) mass is 421 g/mol. The SMILES string of the molecule is COC(=O)c1ccc(NC(=O)CN2C(=O)N[C@@](C)(c3ccc4c(c3)CCC4)C2=O)cc1. The predicted molar refractivity (Wildman–Crippen MR) is 112 cm³/mol. The molecule has 2 aromatic rings. The van der Waals surface area contributed by atoms with Crippen LogP contribution in [0.4, 0.5) is 10.5 Å². The van der Waals surface area contributed by atoms with E-state index in [1.807, 2.05) is 18.2 Å². The van der Waals surface area contributed by atoms with Crippen molar-refractivity contribution in [2.75, 3.05) is 19.0 Å². The van der Waals surface area contributed by atoms with Crippen LogP contribution in [-0.4, -0.2) is 42.4 Å². The number of anilines is 1. The zero-order chi connectivity index (χ0) is 22.2. The van der Waals surface area contributed by atoms with Gasteiger partial charge in [-0.05, 0) is 67.1 Å². The molecule has 0 spiro atoms. The van der Waals surface area contributed by atoms with Gasteiger partial charge in [0.1, 0.15) is 12.1 Å². The Morgan fingerprint density at radius 1 is 1.10 bits per heavy atom. The van der Waals surface area contributed by atoms with Crippen molar-refractivity contribution in [3.05, 3.63) is 64.7 Å². The fraction of sp³-hybridized carbons (Fsp3) is 0.304. The lowest BCUT2D eigenvalue weighted by Gasteiger charge is -2.23. The zero-order valence-electron chi connectivity index (χ0n) is 17.4. The number of fused-ring (bicyclic) bond motifs is 1. The summed E-state index contributed by atoms with van der Waals surface area (Å²) in [6.07, 6.45) is 3.07. The predicted octanol–water partition coefficient (Wildman–Crippen LogP) is 2.37. The number of rotatable bonds is 5. The first-order valence-corrected chi connectivity index (χ1v) is 10.1. The first-order chi connectivity index (χ1) is 14.8. The van der Waals surface area contributed by atoms with Gasteiger partial charge in [-0.3, -0.25) is 14.5 Å². The van der Waals surface area contributed by atoms with Crippen LogP contribution in [0.1, 0.15) is 40.4 Å². The molecule has 0 saturated carbocycles. The van der Waals surface area contributed by atoms with Crippen LogP contribution in [0, 0.1) is 0 Å². The Kier molecular flexibility index (Phi) is 5.22. The van der Waals surface area contributed by atoms with Crippen LogP contribution in [0.3, 0.4) is 0 Å². The topological polar surface area (TPSA) is 105 Å². The molecule has 1 heterocycles. The maximum absolute atomic E-state index is 13.1. The van der Waals surface area contributed by atoms with E-state index < -0.39 is 35.9 Å². The lowest BCUT2D eigenvalue weighted by molar-refractivity contribution is -0.133. The number of hydrogen-bond acceptors (Lipinski definition) is 5. The van der Waals surface area contributed by atoms with Crippen molar-refractivity contribution in [3.8, 4) is 0 Å². The molecule has 1 fully saturated rings. The lowest BCUT2D eigenvalue weighted by atomic mass is 9.89. The third-order valence-electron chi connectivity index (χ3n) is 5.84. The summed E-state index contributed by atoms with van der Waals surface area (Å²) in [5, 5.41) is 5.37. The third-order valence-corrected chi connectivity index (χ3v) is 5.84. The maximum atomic E-state index is 13.1. The highest BCUT2D eigenvalue weighted by Gasteiger charge is 2.49. The van der Waals surface area contributed by atoms with Gasteiger partial charge in [0.25, 0.3) is 5.91 Å². The summed E-state index contributed by atoms with van der Waals surface area (Å²) in [4.78, 5) is 50.5. The summed E-state index contributed by atoms with van der Waals surface area (Å²) in [5.74, 6) is -1.47. The summed E-state index contributed by atoms with van der Waals surface area (Å²) in [5.41, 5.74) is 2.77. The van der Waals surface area contributed by atoms with Crippen molar-refractivity contribution in [1.82, 2.24) is 10.2 Å². The van der Waals surface area contributed by atoms with E-state index in [0.29, 0.717) is 16.8 Å². The fourth-order valence-corrected chi connectivity index (χ4v) is 4.07. The Morgan fingerprint density at radius 2 is 1.81 bits per heavy atom. The lowest BCUT2D eigenvalue weighted by Crippen LogP contribution is -2.42. The number of nitrogens with zero attached hydrogens (tertiary/aromatic N) is 1. The van der Waals surface area contributed by atoms with E-state index in [0.717, 1.165) is 24.2 Å². The molecule has 8 heteroatoms. The second-order valence-electron chi connectivity index (χ2n) is 7.90. The molecule has 1 saturated heterocycles. The largest absolute Gasteiger partial charge is 0.465 e. The van der Waals surface area contributed by atoms with Crippen molar-refractivity contribution in [2.24, 2.45) is 0 Å². The number of ether oxygens (including phenoxy) is 1. The Morgan fingerprint density at radius 3 is 2.52 bits per heavy atom. The molecular formula is C23H23N3O5. The number of benzene rings is 2. The molecule has 0 radical (unpaired) electrons. The Labute approximate surface area is 179 Å². The second-order valence-corrected chi connectivity index (χ2v) is 7.90. The number of aryl methyl sites for hydroxylation is 2. The molecule has 1 atom stereocenters. The van der Waals surface area contributed by atoms with Gasteiger partial charge in [0.15, 0.2) is 0 Å². The summed E-state index contributed by atoms with van der Waals surface area (Å²) in [6.45, 7) is 1.25. The van der Waals surface area contributed by atoms with Gasteiger partial charge >= 0.3 is 12.0 Å². The molecule has 0 bridgehead atoms. The number of imide groups is 1. The van der Waals surface area contributed by atoms with Crippen molar-refractivity contribution in [3.63, 3.8) is 0 Å². The average molecular weight is 421 g/mol. The van der Waals surface area contributed by atoms with Crippen LogP contribution in [0.2, 0.25) is 0 Å². The van der Waals surface area contributed by atoms with Gasteiger partial charge in [0, 0.05) is 5.69 Å². The van der Waals surface area contributed by atoms with Crippen LogP contribution in [-0.2, 0) is 32.7 Å². The highest BCUT2D eigenvalue weighted by molar-refractivity contribution is 6.10. The van der Waals surface area contributed by atoms with Gasteiger partial charge in [0.05, 0.1) is 12.7 Å². The molecule has 0 aromatic heterocycles. The summed E-state index contributed by atoms with van der Waals surface area (Å²) >= 11 is 0. The standard InChI is InChI=1S/C23H23N3O5/c1-23(17-9-6-14-4-3-5-16(14)12-17)21(29)26(22(30)25-23)13-19(27)24-18-10-7-15(8-11-18)20(28)31-2/h6-12H,3-5,13H2,1-2H3,(H,24,27)(H,25,30)/t23-/m0/s1. The van der Waals surface area contributed by atoms with Gasteiger partial charge in [-0.1, -0.05) is 18.2 Å². The second kappa shape index (κ2) is 7.86. The van der Waals surface area contributed by atoms with E-state index in [2.05, 4.69) is 15.4 Å². The number of urea groups is 1. The molecule has 4 rings (SSSR count). The molecule has 2 aromatic carbocycles. The van der Waals surface area contributed by atoms with Gasteiger partial charge < -0.3 is 15.4 Å². The minimum absolute atomic E-state index is 0.347. The number of esters is 1. The van der Waals surface area contributed by atoms with E-state index in [-0.39, 0.29) is 0 Å². The van der Waals surface area contributed by atoms with Crippen LogP contribution in [0.5, 0.6) is 0 Å². The molecule has 1 aliphatic heterocycles. The number of carbonyl (C=O) groups excluding carboxylic acids is 4. The van der Waals surface area contributed by atoms with E-state index in [9.17, 15) is 19.2 Å². The molecule has 1 aliphatic carbocycles. The van der Waals surface area contributed by atoms with Gasteiger partial charge in [-0.25, -0.2) is 9.59 Å². The first-order valence-electron chi connectivity index (χ1n) is 10.1. The zero-order valence-corrected chi connectivity index (χ0v) is 17.4. The molecule has 160 valence electrons. The highest BCUT2D eigenvalue weighted by atomic mass is 16.5. The van der Waals surface area contributed by atoms with E-state index in [4.69, 9.17) is 0 Å². The number of nitrogens with one attached hydrogen (secondary N) is 2. The van der Waals surface area contributed by atoms with Crippen molar-refractivity contribution in [1.29, 1.82) is 0 Å². The van der Waals surface area contributed by atoms with Crippen molar-refractivity contribution < 1.29 is 23.9 Å². The Bertz CT molecular complexity index is 1080. The average Bonchev–Trinajstić information content (AvgIpc) is 3.32. The summed E-state index contributed by atoms with van der Waals surface area (Å²) in [6, 6.07) is 11.4. The Hall–Kier alpha value is -3.68. The van der Waals surface area contributed by atoms with Gasteiger partial charge in [0.2, 0.25) is 5.91 Å². The van der Waals surface area contributed by atoms with E-state index in [1.54, 1.807) is 19.1 Å². The van der Waals surface area contributed by atoms with Gasteiger partial charge in [-0.2, -0.15) is 0 Å². The van der Waals surface area contributed by atoms with Gasteiger partial charge in [-0.15, -0.1) is 0 Å². The minimum atomic E-state index is -1.21. The van der Waals surface area contributed by atoms with Crippen LogP contribution in [0.25, 0.3) is 0 Å². The molecule has 2 aliphatic rings. The molecule has 0 unspecified atom stereocenters. The van der Waals surface area contributed by atoms with Crippen molar-refractivity contribution >= 4 is 29.5 Å². The molecule has 2 N–H and O–H groups in total. The summed E-state index contributed by atoms with van der Waals surface area (Å²) in [7, 11) is 1.28. The van der Waals surface area contributed by atoms with E-state index >= 15 is 0 Å². The summed E-state index contributed by atoms with van der Waals surface area (Å²) < 4.78 is 4.64. The molecule has 4 amide bonds. The molecule has 31 heavy (non-hydrogen) atoms. The minimum Gasteiger partial charge on any atom is -0.465 e. The fourth-order valence-electron chi connectivity index (χ4n) is 4.07. The highest BCUT2D eigenvalue weighted by Crippen LogP contribution is 2.32. The normalized spacial score (nSPS) is 19.7. The number of methoxy groups -OCH3 is 1. The number of carbonyl (C=O) groups is 4. The first kappa shape index (κ1) is 20.6. The van der Waals surface area contributed by atoms with Crippen LogP contribution in [0.15, 0.2) is 42.5 Å².